The van der Waals surface area contributed by atoms with Gasteiger partial charge in [-0.15, -0.1) is 0 Å². The number of ether oxygens (including phenoxy) is 1. The minimum absolute atomic E-state index is 0.279. The predicted octanol–water partition coefficient (Wildman–Crippen LogP) is 2.33. The Balaban J connectivity index is 1.62. The van der Waals surface area contributed by atoms with Crippen LogP contribution in [0.25, 0.3) is 0 Å². The molecule has 0 amide bonds. The van der Waals surface area contributed by atoms with Gasteiger partial charge in [-0.2, -0.15) is 4.98 Å². The fourth-order valence-corrected chi connectivity index (χ4v) is 4.23. The summed E-state index contributed by atoms with van der Waals surface area (Å²) in [6.07, 6.45) is 3.71. The SMILES string of the molecule is COCc1nc(C2CC3(CCN(CC(C)C)CC3)CN2C)no1. The van der Waals surface area contributed by atoms with E-state index in [1.165, 1.54) is 32.5 Å². The van der Waals surface area contributed by atoms with E-state index in [2.05, 4.69) is 40.8 Å². The van der Waals surface area contributed by atoms with Crippen molar-refractivity contribution >= 4 is 0 Å². The summed E-state index contributed by atoms with van der Waals surface area (Å²) in [5.41, 5.74) is 0.426. The Labute approximate surface area is 139 Å². The molecule has 130 valence electrons. The molecule has 1 unspecified atom stereocenters. The van der Waals surface area contributed by atoms with E-state index in [4.69, 9.17) is 9.26 Å². The number of piperidine rings is 1. The Hall–Kier alpha value is -0.980. The van der Waals surface area contributed by atoms with Crippen LogP contribution in [0.15, 0.2) is 4.52 Å². The van der Waals surface area contributed by atoms with Crippen LogP contribution < -0.4 is 0 Å². The second-order valence-corrected chi connectivity index (χ2v) is 7.81. The number of methoxy groups -OCH3 is 1. The third-order valence-electron chi connectivity index (χ3n) is 5.33. The maximum atomic E-state index is 5.28. The van der Waals surface area contributed by atoms with Crippen LogP contribution in [-0.4, -0.2) is 60.3 Å². The van der Waals surface area contributed by atoms with Crippen LogP contribution in [0, 0.1) is 11.3 Å². The molecule has 2 fully saturated rings. The molecule has 0 radical (unpaired) electrons. The Kier molecular flexibility index (Phi) is 5.04. The van der Waals surface area contributed by atoms with Crippen LogP contribution >= 0.6 is 0 Å². The first-order valence-electron chi connectivity index (χ1n) is 8.75. The van der Waals surface area contributed by atoms with Crippen LogP contribution in [0.3, 0.4) is 0 Å². The van der Waals surface area contributed by atoms with Crippen LogP contribution in [-0.2, 0) is 11.3 Å². The zero-order chi connectivity index (χ0) is 16.4. The number of likely N-dealkylation sites (tertiary alicyclic amines) is 2. The average molecular weight is 322 g/mol. The number of hydrogen-bond donors (Lipinski definition) is 0. The summed E-state index contributed by atoms with van der Waals surface area (Å²) in [6, 6.07) is 0.279. The maximum Gasteiger partial charge on any atom is 0.252 e. The van der Waals surface area contributed by atoms with Gasteiger partial charge in [0.2, 0.25) is 0 Å². The Morgan fingerprint density at radius 2 is 2.09 bits per heavy atom. The minimum Gasteiger partial charge on any atom is -0.375 e. The van der Waals surface area contributed by atoms with Crippen molar-refractivity contribution in [1.82, 2.24) is 19.9 Å². The first-order valence-corrected chi connectivity index (χ1v) is 8.75. The lowest BCUT2D eigenvalue weighted by Crippen LogP contribution is -2.42. The van der Waals surface area contributed by atoms with Gasteiger partial charge in [0.05, 0.1) is 6.04 Å². The van der Waals surface area contributed by atoms with Crippen LogP contribution in [0.5, 0.6) is 0 Å². The largest absolute Gasteiger partial charge is 0.375 e. The molecule has 6 heteroatoms. The molecule has 6 nitrogen and oxygen atoms in total. The molecular formula is C17H30N4O2. The molecule has 0 bridgehead atoms. The van der Waals surface area contributed by atoms with E-state index in [0.717, 1.165) is 24.7 Å². The van der Waals surface area contributed by atoms with Crippen molar-refractivity contribution in [2.75, 3.05) is 40.3 Å². The first-order chi connectivity index (χ1) is 11.0. The molecule has 0 aromatic carbocycles. The lowest BCUT2D eigenvalue weighted by atomic mass is 9.76. The third kappa shape index (κ3) is 3.75. The molecule has 0 saturated carbocycles. The molecule has 2 saturated heterocycles. The van der Waals surface area contributed by atoms with Crippen molar-refractivity contribution in [3.05, 3.63) is 11.7 Å². The van der Waals surface area contributed by atoms with Crippen molar-refractivity contribution in [3.63, 3.8) is 0 Å². The number of nitrogens with zero attached hydrogens (tertiary/aromatic N) is 4. The highest BCUT2D eigenvalue weighted by molar-refractivity contribution is 5.05. The lowest BCUT2D eigenvalue weighted by Gasteiger charge is -2.39. The summed E-state index contributed by atoms with van der Waals surface area (Å²) in [5, 5.41) is 4.18. The fraction of sp³-hybridized carbons (Fsp3) is 0.882. The van der Waals surface area contributed by atoms with E-state index in [9.17, 15) is 0 Å². The van der Waals surface area contributed by atoms with Gasteiger partial charge in [-0.1, -0.05) is 19.0 Å². The molecule has 1 spiro atoms. The van der Waals surface area contributed by atoms with E-state index in [1.807, 2.05) is 0 Å². The highest BCUT2D eigenvalue weighted by Crippen LogP contribution is 2.47. The smallest absolute Gasteiger partial charge is 0.252 e. The van der Waals surface area contributed by atoms with Crippen LogP contribution in [0.2, 0.25) is 0 Å². The van der Waals surface area contributed by atoms with E-state index < -0.39 is 0 Å². The summed E-state index contributed by atoms with van der Waals surface area (Å²) in [6.45, 7) is 9.80. The van der Waals surface area contributed by atoms with Gasteiger partial charge in [0, 0.05) is 20.2 Å². The second-order valence-electron chi connectivity index (χ2n) is 7.81. The predicted molar refractivity (Wildman–Crippen MR) is 87.9 cm³/mol. The van der Waals surface area contributed by atoms with Crippen molar-refractivity contribution in [2.24, 2.45) is 11.3 Å². The van der Waals surface area contributed by atoms with Crippen molar-refractivity contribution in [1.29, 1.82) is 0 Å². The highest BCUT2D eigenvalue weighted by Gasteiger charge is 2.46. The topological polar surface area (TPSA) is 54.6 Å². The molecule has 1 aromatic rings. The second kappa shape index (κ2) is 6.87. The van der Waals surface area contributed by atoms with Crippen molar-refractivity contribution in [3.8, 4) is 0 Å². The van der Waals surface area contributed by atoms with E-state index in [0.29, 0.717) is 17.9 Å². The van der Waals surface area contributed by atoms with E-state index in [1.54, 1.807) is 7.11 Å². The zero-order valence-electron chi connectivity index (χ0n) is 14.9. The third-order valence-corrected chi connectivity index (χ3v) is 5.33. The van der Waals surface area contributed by atoms with Gasteiger partial charge in [0.15, 0.2) is 5.82 Å². The minimum atomic E-state index is 0.279. The first kappa shape index (κ1) is 16.9. The average Bonchev–Trinajstić information content (AvgIpc) is 3.07. The van der Waals surface area contributed by atoms with E-state index in [-0.39, 0.29) is 6.04 Å². The molecule has 1 aromatic heterocycles. The van der Waals surface area contributed by atoms with E-state index >= 15 is 0 Å². The number of hydrogen-bond acceptors (Lipinski definition) is 6. The Morgan fingerprint density at radius 1 is 1.35 bits per heavy atom. The van der Waals surface area contributed by atoms with Gasteiger partial charge < -0.3 is 14.2 Å². The van der Waals surface area contributed by atoms with Gasteiger partial charge in [-0.3, -0.25) is 4.90 Å². The molecule has 3 rings (SSSR count). The molecule has 3 heterocycles. The lowest BCUT2D eigenvalue weighted by molar-refractivity contribution is 0.102. The molecule has 23 heavy (non-hydrogen) atoms. The number of aromatic nitrogens is 2. The van der Waals surface area contributed by atoms with Crippen LogP contribution in [0.4, 0.5) is 0 Å². The van der Waals surface area contributed by atoms with Gasteiger partial charge in [0.25, 0.3) is 5.89 Å². The summed E-state index contributed by atoms with van der Waals surface area (Å²) >= 11 is 0. The monoisotopic (exact) mass is 322 g/mol. The van der Waals surface area contributed by atoms with Gasteiger partial charge >= 0.3 is 0 Å². The molecule has 1 atom stereocenters. The van der Waals surface area contributed by atoms with Gasteiger partial charge in [0.1, 0.15) is 6.61 Å². The zero-order valence-corrected chi connectivity index (χ0v) is 14.9. The molecule has 2 aliphatic rings. The fourth-order valence-electron chi connectivity index (χ4n) is 4.23. The quantitative estimate of drug-likeness (QED) is 0.829. The highest BCUT2D eigenvalue weighted by atomic mass is 16.5. The van der Waals surface area contributed by atoms with Crippen molar-refractivity contribution in [2.45, 2.75) is 45.8 Å². The molecular weight excluding hydrogens is 292 g/mol. The Bertz CT molecular complexity index is 508. The number of rotatable bonds is 5. The van der Waals surface area contributed by atoms with Crippen molar-refractivity contribution < 1.29 is 9.26 Å². The molecule has 0 N–H and O–H groups in total. The van der Waals surface area contributed by atoms with Gasteiger partial charge in [-0.05, 0) is 50.7 Å². The molecule has 0 aliphatic carbocycles. The van der Waals surface area contributed by atoms with Crippen LogP contribution in [0.1, 0.15) is 50.9 Å². The summed E-state index contributed by atoms with van der Waals surface area (Å²) in [5.74, 6) is 2.14. The molecule has 2 aliphatic heterocycles. The normalized spacial score (nSPS) is 25.7. The summed E-state index contributed by atoms with van der Waals surface area (Å²) in [4.78, 5) is 9.53. The van der Waals surface area contributed by atoms with Gasteiger partial charge in [-0.25, -0.2) is 0 Å². The summed E-state index contributed by atoms with van der Waals surface area (Å²) < 4.78 is 10.3. The summed E-state index contributed by atoms with van der Waals surface area (Å²) in [7, 11) is 3.83. The maximum absolute atomic E-state index is 5.28. The standard InChI is InChI=1S/C17H30N4O2/c1-13(2)10-21-7-5-17(6-8-21)9-14(20(3)12-17)16-18-15(11-22-4)23-19-16/h13-14H,5-12H2,1-4H3. The Morgan fingerprint density at radius 3 is 2.74 bits per heavy atom.